The van der Waals surface area contributed by atoms with Crippen LogP contribution in [0, 0.1) is 25.7 Å². The Morgan fingerprint density at radius 3 is 2.50 bits per heavy atom. The molecule has 0 aliphatic carbocycles. The van der Waals surface area contributed by atoms with Crippen LogP contribution in [-0.4, -0.2) is 78.6 Å². The number of fused-ring (bicyclic) bond motifs is 2. The second kappa shape index (κ2) is 15.9. The first-order chi connectivity index (χ1) is 25.1. The number of hydrogen-bond acceptors (Lipinski definition) is 7. The van der Waals surface area contributed by atoms with E-state index in [2.05, 4.69) is 69.9 Å². The fourth-order valence-electron chi connectivity index (χ4n) is 8.15. The van der Waals surface area contributed by atoms with Crippen molar-refractivity contribution in [1.29, 1.82) is 0 Å². The van der Waals surface area contributed by atoms with Gasteiger partial charge in [-0.3, -0.25) is 0 Å². The third-order valence-electron chi connectivity index (χ3n) is 11.0. The van der Waals surface area contributed by atoms with Gasteiger partial charge in [0.1, 0.15) is 0 Å². The Balaban J connectivity index is 1.77. The zero-order valence-electron chi connectivity index (χ0n) is 31.5. The number of carbonyl (C=O) groups excluding carboxylic acids is 3. The summed E-state index contributed by atoms with van der Waals surface area (Å²) in [5.74, 6) is -0.634. The van der Waals surface area contributed by atoms with Gasteiger partial charge in [0.05, 0.1) is 0 Å². The van der Waals surface area contributed by atoms with Gasteiger partial charge in [-0.1, -0.05) is 0 Å². The van der Waals surface area contributed by atoms with E-state index in [0.717, 1.165) is 98.4 Å². The van der Waals surface area contributed by atoms with Crippen molar-refractivity contribution in [3.05, 3.63) is 73.5 Å². The molecule has 4 aliphatic heterocycles. The van der Waals surface area contributed by atoms with E-state index in [1.165, 1.54) is 12.7 Å². The SMILES string of the molecule is C=Cc1c(C)c2[n]3c1=CC1=NC(=Cc4c(C)c(C(=O)NCCCCC)c([n]4[In]3)C(CC(=O)OC)=C3N=C(C=2)[C@@H](C)[C@@H]3CCCOC=O)C(CC)=C1C. The Kier molecular flexibility index (Phi) is 11.5. The summed E-state index contributed by atoms with van der Waals surface area (Å²) < 4.78 is 15.3. The normalized spacial score (nSPS) is 18.4. The maximum absolute atomic E-state index is 14.6. The molecule has 2 aromatic rings. The Morgan fingerprint density at radius 1 is 1.02 bits per heavy atom. The molecule has 1 N–H and O–H groups in total. The molecule has 271 valence electrons. The zero-order chi connectivity index (χ0) is 37.3. The molecule has 2 atom stereocenters. The summed E-state index contributed by atoms with van der Waals surface area (Å²) in [6, 6.07) is 0. The number of hydrogen-bond donors (Lipinski definition) is 1. The van der Waals surface area contributed by atoms with Crippen molar-refractivity contribution >= 4 is 83.1 Å². The molecule has 0 fully saturated rings. The van der Waals surface area contributed by atoms with Crippen LogP contribution in [0.2, 0.25) is 0 Å². The molecule has 52 heavy (non-hydrogen) atoms. The zero-order valence-corrected chi connectivity index (χ0v) is 34.8. The number of allylic oxidation sites excluding steroid dienone is 3. The molecule has 6 bridgehead atoms. The van der Waals surface area contributed by atoms with Gasteiger partial charge in [0.25, 0.3) is 0 Å². The molecule has 2 aromatic heterocycles. The van der Waals surface area contributed by atoms with Crippen molar-refractivity contribution in [3.8, 4) is 0 Å². The Morgan fingerprint density at radius 2 is 1.81 bits per heavy atom. The van der Waals surface area contributed by atoms with Crippen LogP contribution in [0.1, 0.15) is 111 Å². The summed E-state index contributed by atoms with van der Waals surface area (Å²) in [5, 5.41) is 5.38. The van der Waals surface area contributed by atoms with Gasteiger partial charge in [-0.05, 0) is 0 Å². The van der Waals surface area contributed by atoms with Crippen LogP contribution in [0.4, 0.5) is 0 Å². The number of unbranched alkanes of at least 4 members (excludes halogenated alkanes) is 2. The predicted octanol–water partition coefficient (Wildman–Crippen LogP) is 5.44. The quantitative estimate of drug-likeness (QED) is 0.155. The van der Waals surface area contributed by atoms with Gasteiger partial charge in [-0.15, -0.1) is 0 Å². The number of ether oxygens (including phenoxy) is 2. The van der Waals surface area contributed by atoms with Gasteiger partial charge >= 0.3 is 319 Å². The fraction of sp³-hybridized carbons (Fsp3) is 0.439. The predicted molar refractivity (Wildman–Crippen MR) is 208 cm³/mol. The van der Waals surface area contributed by atoms with Crippen LogP contribution >= 0.6 is 0 Å². The van der Waals surface area contributed by atoms with E-state index in [4.69, 9.17) is 19.5 Å². The van der Waals surface area contributed by atoms with Crippen molar-refractivity contribution in [2.24, 2.45) is 21.8 Å². The maximum atomic E-state index is 14.6. The number of aliphatic imine (C=N–C) groups is 2. The fourth-order valence-corrected chi connectivity index (χ4v) is 13.2. The summed E-state index contributed by atoms with van der Waals surface area (Å²) >= 11 is -2.18. The molecular formula is C41H49InN5O5. The number of nitrogens with zero attached hydrogens (tertiary/aromatic N) is 4. The van der Waals surface area contributed by atoms with E-state index < -0.39 is 29.5 Å². The number of carbonyl (C=O) groups is 3. The van der Waals surface area contributed by atoms with Crippen molar-refractivity contribution in [2.45, 2.75) is 86.5 Å². The molecule has 0 spiro atoms. The number of aromatic nitrogens is 2. The monoisotopic (exact) mass is 806 g/mol. The summed E-state index contributed by atoms with van der Waals surface area (Å²) in [6.45, 7) is 18.4. The molecule has 0 unspecified atom stereocenters. The molecule has 6 heterocycles. The van der Waals surface area contributed by atoms with Crippen LogP contribution in [0.5, 0.6) is 0 Å². The third kappa shape index (κ3) is 6.65. The second-order valence-electron chi connectivity index (χ2n) is 14.0. The van der Waals surface area contributed by atoms with Crippen LogP contribution in [-0.2, 0) is 19.1 Å². The average Bonchev–Trinajstić information content (AvgIpc) is 3.78. The van der Waals surface area contributed by atoms with Crippen molar-refractivity contribution in [3.63, 3.8) is 0 Å². The molecular weight excluding hydrogens is 757 g/mol. The first-order valence-corrected chi connectivity index (χ1v) is 21.4. The summed E-state index contributed by atoms with van der Waals surface area (Å²) in [7, 11) is 1.40. The molecule has 0 aromatic carbocycles. The molecule has 4 aliphatic rings. The second-order valence-corrected chi connectivity index (χ2v) is 17.6. The number of esters is 1. The number of rotatable bonds is 14. The van der Waals surface area contributed by atoms with E-state index in [-0.39, 0.29) is 24.2 Å². The molecule has 0 saturated carbocycles. The topological polar surface area (TPSA) is 116 Å². The standard InChI is InChI=1S/C41H50N5O5.In/c1-9-12-13-16-42-41(49)38-26(7)34-21-36-28(11-3)24(5)32(44-36)20-35-27(10-2)23(4)31(43-35)19-33-25(6)29(15-14-17-51-22-47)39(45-33)30(40(38)46-34)18-37(48)50-8;/h10,19-22,25,29H,2,9,11-18H2,1,3-8H3,(H2-,42,43,44,45,46,49);/q-1;+2/p-1/t25-,29-;/m0./s1. The number of amides is 1. The number of nitrogens with one attached hydrogen (secondary N) is 1. The Hall–Kier alpha value is -4.12. The van der Waals surface area contributed by atoms with Gasteiger partial charge < -0.3 is 0 Å². The number of methoxy groups -OCH3 is 1. The van der Waals surface area contributed by atoms with Gasteiger partial charge in [0.15, 0.2) is 0 Å². The van der Waals surface area contributed by atoms with Gasteiger partial charge in [0.2, 0.25) is 0 Å². The minimum absolute atomic E-state index is 0.00193. The Bertz CT molecular complexity index is 2140. The van der Waals surface area contributed by atoms with E-state index in [1.54, 1.807) is 0 Å². The van der Waals surface area contributed by atoms with Crippen molar-refractivity contribution in [1.82, 2.24) is 10.4 Å². The first-order valence-electron chi connectivity index (χ1n) is 18.5. The summed E-state index contributed by atoms with van der Waals surface area (Å²) in [6.07, 6.45) is 13.6. The Labute approximate surface area is 318 Å². The first kappa shape index (κ1) is 37.6. The van der Waals surface area contributed by atoms with E-state index in [9.17, 15) is 14.4 Å². The van der Waals surface area contributed by atoms with E-state index in [1.807, 2.05) is 13.0 Å². The molecule has 1 amide bonds. The van der Waals surface area contributed by atoms with Crippen molar-refractivity contribution < 1.29 is 23.9 Å². The van der Waals surface area contributed by atoms with Crippen LogP contribution in [0.15, 0.2) is 39.1 Å². The molecule has 0 saturated heterocycles. The van der Waals surface area contributed by atoms with Crippen LogP contribution in [0.25, 0.3) is 29.9 Å². The third-order valence-corrected chi connectivity index (χ3v) is 15.5. The minimum atomic E-state index is -2.18. The average molecular weight is 807 g/mol. The van der Waals surface area contributed by atoms with Crippen LogP contribution < -0.4 is 16.0 Å². The molecule has 1 radical (unpaired) electrons. The van der Waals surface area contributed by atoms with Crippen LogP contribution in [0.3, 0.4) is 0 Å². The van der Waals surface area contributed by atoms with Gasteiger partial charge in [-0.25, -0.2) is 0 Å². The van der Waals surface area contributed by atoms with Gasteiger partial charge in [0, 0.05) is 0 Å². The van der Waals surface area contributed by atoms with E-state index in [0.29, 0.717) is 38.0 Å². The molecule has 6 rings (SSSR count). The molecule has 10 nitrogen and oxygen atoms in total. The van der Waals surface area contributed by atoms with Crippen molar-refractivity contribution in [2.75, 3.05) is 20.3 Å². The summed E-state index contributed by atoms with van der Waals surface area (Å²) in [5.41, 5.74) is 11.9. The van der Waals surface area contributed by atoms with Gasteiger partial charge in [-0.2, -0.15) is 0 Å². The van der Waals surface area contributed by atoms with E-state index >= 15 is 0 Å². The molecule has 11 heteroatoms. The summed E-state index contributed by atoms with van der Waals surface area (Å²) in [4.78, 5) is 49.6.